The van der Waals surface area contributed by atoms with Crippen molar-refractivity contribution in [2.24, 2.45) is 0 Å². The van der Waals surface area contributed by atoms with Crippen molar-refractivity contribution < 1.29 is 0 Å². The van der Waals surface area contributed by atoms with E-state index in [1.54, 1.807) is 28.8 Å². The predicted molar refractivity (Wildman–Crippen MR) is 83.5 cm³/mol. The summed E-state index contributed by atoms with van der Waals surface area (Å²) in [4.78, 5) is 3.08. The molecule has 0 fully saturated rings. The molecule has 19 heavy (non-hydrogen) atoms. The Morgan fingerprint density at radius 2 is 1.47 bits per heavy atom. The highest BCUT2D eigenvalue weighted by atomic mass is 35.5. The van der Waals surface area contributed by atoms with Crippen LogP contribution in [-0.4, -0.2) is 9.55 Å². The molecule has 0 bridgehead atoms. The van der Waals surface area contributed by atoms with Gasteiger partial charge in [0.05, 0.1) is 31.8 Å². The van der Waals surface area contributed by atoms with E-state index in [2.05, 4.69) is 4.98 Å². The van der Waals surface area contributed by atoms with Gasteiger partial charge in [0.2, 0.25) is 0 Å². The van der Waals surface area contributed by atoms with Crippen LogP contribution in [0.15, 0.2) is 36.4 Å². The first-order chi connectivity index (χ1) is 9.09. The monoisotopic (exact) mass is 328 g/mol. The molecule has 3 aromatic rings. The number of aromatic amines is 1. The van der Waals surface area contributed by atoms with Gasteiger partial charge < -0.3 is 4.98 Å². The van der Waals surface area contributed by atoms with E-state index in [-0.39, 0.29) is 0 Å². The molecule has 0 aliphatic rings. The second-order valence-corrected chi connectivity index (χ2v) is 5.58. The van der Waals surface area contributed by atoms with Gasteiger partial charge in [0.15, 0.2) is 4.77 Å². The van der Waals surface area contributed by atoms with Crippen LogP contribution in [0.2, 0.25) is 15.1 Å². The molecule has 0 aliphatic heterocycles. The quantitative estimate of drug-likeness (QED) is 0.572. The smallest absolute Gasteiger partial charge is 0.182 e. The second kappa shape index (κ2) is 4.84. The number of nitrogens with zero attached hydrogens (tertiary/aromatic N) is 1. The van der Waals surface area contributed by atoms with Gasteiger partial charge in [-0.1, -0.05) is 46.9 Å². The molecule has 0 saturated heterocycles. The average molecular weight is 330 g/mol. The summed E-state index contributed by atoms with van der Waals surface area (Å²) in [6.07, 6.45) is 0. The van der Waals surface area contributed by atoms with E-state index in [1.807, 2.05) is 12.1 Å². The molecule has 0 radical (unpaired) electrons. The van der Waals surface area contributed by atoms with Crippen LogP contribution in [0.25, 0.3) is 16.7 Å². The molecule has 0 atom stereocenters. The van der Waals surface area contributed by atoms with Crippen LogP contribution >= 0.6 is 47.0 Å². The maximum atomic E-state index is 6.23. The molecular weight excluding hydrogens is 323 g/mol. The van der Waals surface area contributed by atoms with Gasteiger partial charge in [0.25, 0.3) is 0 Å². The van der Waals surface area contributed by atoms with Gasteiger partial charge in [-0.25, -0.2) is 0 Å². The lowest BCUT2D eigenvalue weighted by Gasteiger charge is -2.09. The highest BCUT2D eigenvalue weighted by Gasteiger charge is 2.14. The number of rotatable bonds is 1. The minimum atomic E-state index is 0.498. The number of halogens is 3. The number of benzene rings is 2. The van der Waals surface area contributed by atoms with E-state index in [0.29, 0.717) is 25.5 Å². The lowest BCUT2D eigenvalue weighted by Crippen LogP contribution is -1.96. The third-order valence-corrected chi connectivity index (χ3v) is 4.04. The van der Waals surface area contributed by atoms with Crippen LogP contribution in [0.4, 0.5) is 0 Å². The number of para-hydroxylation sites is 2. The topological polar surface area (TPSA) is 20.7 Å². The molecule has 0 saturated carbocycles. The standard InChI is InChI=1S/C13H7Cl3N2S/c14-7-3-2-6-10-11(7)17-13(19)18(10)12-8(15)4-1-5-9(12)16/h1-6H,(H,17,19). The largest absolute Gasteiger partial charge is 0.329 e. The van der Waals surface area contributed by atoms with Crippen LogP contribution in [0.1, 0.15) is 0 Å². The number of hydrogen-bond donors (Lipinski definition) is 1. The molecule has 6 heteroatoms. The molecule has 1 aromatic heterocycles. The fourth-order valence-corrected chi connectivity index (χ4v) is 3.09. The van der Waals surface area contributed by atoms with Crippen LogP contribution in [0.3, 0.4) is 0 Å². The minimum Gasteiger partial charge on any atom is -0.329 e. The van der Waals surface area contributed by atoms with Crippen molar-refractivity contribution >= 4 is 58.1 Å². The molecule has 2 aromatic carbocycles. The maximum Gasteiger partial charge on any atom is 0.182 e. The van der Waals surface area contributed by atoms with Crippen molar-refractivity contribution in [1.29, 1.82) is 0 Å². The minimum absolute atomic E-state index is 0.498. The predicted octanol–water partition coefficient (Wildman–Crippen LogP) is 5.65. The van der Waals surface area contributed by atoms with E-state index < -0.39 is 0 Å². The summed E-state index contributed by atoms with van der Waals surface area (Å²) in [6, 6.07) is 10.9. The summed E-state index contributed by atoms with van der Waals surface area (Å²) in [7, 11) is 0. The van der Waals surface area contributed by atoms with Crippen molar-refractivity contribution in [1.82, 2.24) is 9.55 Å². The van der Waals surface area contributed by atoms with Gasteiger partial charge in [0.1, 0.15) is 0 Å². The Balaban J connectivity index is 2.47. The lowest BCUT2D eigenvalue weighted by molar-refractivity contribution is 1.07. The zero-order valence-corrected chi connectivity index (χ0v) is 12.5. The van der Waals surface area contributed by atoms with E-state index in [4.69, 9.17) is 47.0 Å². The Hall–Kier alpha value is -1.00. The summed E-state index contributed by atoms with van der Waals surface area (Å²) < 4.78 is 2.29. The molecule has 0 aliphatic carbocycles. The zero-order valence-electron chi connectivity index (χ0n) is 9.45. The molecule has 0 amide bonds. The van der Waals surface area contributed by atoms with Crippen LogP contribution < -0.4 is 0 Å². The molecular formula is C13H7Cl3N2S. The molecule has 2 nitrogen and oxygen atoms in total. The van der Waals surface area contributed by atoms with Crippen molar-refractivity contribution in [2.45, 2.75) is 0 Å². The zero-order chi connectivity index (χ0) is 13.6. The molecule has 1 heterocycles. The van der Waals surface area contributed by atoms with Crippen molar-refractivity contribution in [2.75, 3.05) is 0 Å². The van der Waals surface area contributed by atoms with Crippen LogP contribution in [0, 0.1) is 4.77 Å². The fraction of sp³-hybridized carbons (Fsp3) is 0. The molecule has 0 spiro atoms. The van der Waals surface area contributed by atoms with Gasteiger partial charge in [-0.3, -0.25) is 4.57 Å². The van der Waals surface area contributed by atoms with Gasteiger partial charge >= 0.3 is 0 Å². The van der Waals surface area contributed by atoms with Crippen molar-refractivity contribution in [3.63, 3.8) is 0 Å². The summed E-state index contributed by atoms with van der Waals surface area (Å²) in [6.45, 7) is 0. The summed E-state index contributed by atoms with van der Waals surface area (Å²) in [5, 5.41) is 1.67. The Labute approximate surface area is 129 Å². The van der Waals surface area contributed by atoms with E-state index in [1.165, 1.54) is 0 Å². The van der Waals surface area contributed by atoms with Crippen LogP contribution in [-0.2, 0) is 0 Å². The van der Waals surface area contributed by atoms with Gasteiger partial charge in [-0.2, -0.15) is 0 Å². The Morgan fingerprint density at radius 3 is 2.16 bits per heavy atom. The van der Waals surface area contributed by atoms with E-state index in [9.17, 15) is 0 Å². The third kappa shape index (κ3) is 2.07. The lowest BCUT2D eigenvalue weighted by atomic mass is 10.2. The SMILES string of the molecule is S=c1[nH]c2c(Cl)cccc2n1-c1c(Cl)cccc1Cl. The van der Waals surface area contributed by atoms with Crippen LogP contribution in [0.5, 0.6) is 0 Å². The summed E-state index contributed by atoms with van der Waals surface area (Å²) >= 11 is 24.0. The summed E-state index contributed by atoms with van der Waals surface area (Å²) in [5.74, 6) is 0. The third-order valence-electron chi connectivity index (χ3n) is 2.83. The first-order valence-corrected chi connectivity index (χ1v) is 6.97. The van der Waals surface area contributed by atoms with Gasteiger partial charge in [-0.15, -0.1) is 0 Å². The molecule has 3 rings (SSSR count). The van der Waals surface area contributed by atoms with Gasteiger partial charge in [-0.05, 0) is 36.5 Å². The number of imidazole rings is 1. The Bertz CT molecular complexity index is 815. The van der Waals surface area contributed by atoms with Crippen molar-refractivity contribution in [3.8, 4) is 5.69 Å². The Morgan fingerprint density at radius 1 is 0.895 bits per heavy atom. The first-order valence-electron chi connectivity index (χ1n) is 5.43. The fourth-order valence-electron chi connectivity index (χ4n) is 2.02. The van der Waals surface area contributed by atoms with E-state index >= 15 is 0 Å². The first kappa shape index (κ1) is 13.0. The average Bonchev–Trinajstić information content (AvgIpc) is 2.68. The van der Waals surface area contributed by atoms with Crippen molar-refractivity contribution in [3.05, 3.63) is 56.2 Å². The normalized spacial score (nSPS) is 11.1. The van der Waals surface area contributed by atoms with E-state index in [0.717, 1.165) is 11.0 Å². The number of aromatic nitrogens is 2. The van der Waals surface area contributed by atoms with Gasteiger partial charge in [0, 0.05) is 0 Å². The molecule has 96 valence electrons. The highest BCUT2D eigenvalue weighted by Crippen LogP contribution is 2.33. The molecule has 0 unspecified atom stereocenters. The maximum absolute atomic E-state index is 6.23. The molecule has 1 N–H and O–H groups in total. The summed E-state index contributed by atoms with van der Waals surface area (Å²) in [5.41, 5.74) is 2.27. The number of nitrogens with one attached hydrogen (secondary N) is 1. The number of fused-ring (bicyclic) bond motifs is 1. The number of H-pyrrole nitrogens is 1. The highest BCUT2D eigenvalue weighted by molar-refractivity contribution is 7.71. The Kier molecular flexibility index (Phi) is 3.31. The second-order valence-electron chi connectivity index (χ2n) is 3.97. The number of hydrogen-bond acceptors (Lipinski definition) is 1.